The van der Waals surface area contributed by atoms with Gasteiger partial charge in [-0.25, -0.2) is 9.99 Å². The average Bonchev–Trinajstić information content (AvgIpc) is 3.27. The van der Waals surface area contributed by atoms with E-state index in [-0.39, 0.29) is 0 Å². The number of aromatic nitrogens is 2. The number of imidazole rings is 1. The van der Waals surface area contributed by atoms with Gasteiger partial charge in [-0.05, 0) is 49.4 Å². The molecule has 27 heavy (non-hydrogen) atoms. The number of hydrogen-bond donors (Lipinski definition) is 0. The monoisotopic (exact) mass is 360 g/mol. The number of hydrogen-bond acceptors (Lipinski definition) is 4. The molecule has 2 aromatic carbocycles. The predicted molar refractivity (Wildman–Crippen MR) is 107 cm³/mol. The molecule has 0 N–H and O–H groups in total. The molecule has 1 aliphatic heterocycles. The van der Waals surface area contributed by atoms with Crippen LogP contribution in [0.25, 0.3) is 5.69 Å². The summed E-state index contributed by atoms with van der Waals surface area (Å²) in [5.41, 5.74) is 5.78. The van der Waals surface area contributed by atoms with E-state index in [9.17, 15) is 0 Å². The minimum absolute atomic E-state index is 0.830. The van der Waals surface area contributed by atoms with Gasteiger partial charge in [0, 0.05) is 25.4 Å². The summed E-state index contributed by atoms with van der Waals surface area (Å²) in [5.74, 6) is 1.68. The van der Waals surface area contributed by atoms with Crippen LogP contribution in [0.15, 0.2) is 55.0 Å². The number of hydrazine groups is 1. The molecular weight excluding hydrogens is 336 g/mol. The number of methoxy groups -OCH3 is 1. The first-order chi connectivity index (χ1) is 13.2. The van der Waals surface area contributed by atoms with Gasteiger partial charge in [0.05, 0.1) is 36.2 Å². The van der Waals surface area contributed by atoms with E-state index in [1.54, 1.807) is 7.11 Å². The molecule has 1 saturated carbocycles. The maximum atomic E-state index is 5.73. The molecule has 138 valence electrons. The summed E-state index contributed by atoms with van der Waals surface area (Å²) >= 11 is 0. The summed E-state index contributed by atoms with van der Waals surface area (Å²) in [7, 11) is 1.73. The molecule has 0 spiro atoms. The molecule has 2 heterocycles. The van der Waals surface area contributed by atoms with Gasteiger partial charge in [0.25, 0.3) is 0 Å². The SMILES string of the molecule is COc1cc(N2c3ccccc3CN2CC2CC2)ccc1-n1cnc(C)c1. The van der Waals surface area contributed by atoms with E-state index >= 15 is 0 Å². The maximum Gasteiger partial charge on any atom is 0.145 e. The molecule has 0 bridgehead atoms. The molecule has 1 fully saturated rings. The van der Waals surface area contributed by atoms with Crippen LogP contribution in [0.1, 0.15) is 24.1 Å². The molecule has 5 heteroatoms. The molecule has 0 radical (unpaired) electrons. The second-order valence-electron chi connectivity index (χ2n) is 7.51. The van der Waals surface area contributed by atoms with Crippen molar-refractivity contribution in [3.05, 3.63) is 66.2 Å². The van der Waals surface area contributed by atoms with E-state index in [0.29, 0.717) is 0 Å². The molecule has 3 aromatic rings. The van der Waals surface area contributed by atoms with Gasteiger partial charge in [0.1, 0.15) is 5.75 Å². The van der Waals surface area contributed by atoms with Crippen LogP contribution in [-0.2, 0) is 6.54 Å². The third kappa shape index (κ3) is 2.98. The van der Waals surface area contributed by atoms with Crippen LogP contribution in [-0.4, -0.2) is 28.2 Å². The number of aryl methyl sites for hydroxylation is 1. The lowest BCUT2D eigenvalue weighted by Crippen LogP contribution is -2.35. The molecule has 5 nitrogen and oxygen atoms in total. The van der Waals surface area contributed by atoms with E-state index in [2.05, 4.69) is 57.5 Å². The first kappa shape index (κ1) is 16.4. The summed E-state index contributed by atoms with van der Waals surface area (Å²) in [6.07, 6.45) is 6.55. The lowest BCUT2D eigenvalue weighted by molar-refractivity contribution is 0.279. The van der Waals surface area contributed by atoms with Gasteiger partial charge in [-0.1, -0.05) is 18.2 Å². The van der Waals surface area contributed by atoms with Crippen LogP contribution in [0, 0.1) is 12.8 Å². The fourth-order valence-corrected chi connectivity index (χ4v) is 3.88. The van der Waals surface area contributed by atoms with Crippen LogP contribution in [0.4, 0.5) is 11.4 Å². The van der Waals surface area contributed by atoms with Crippen molar-refractivity contribution in [3.63, 3.8) is 0 Å². The molecule has 2 aliphatic rings. The highest BCUT2D eigenvalue weighted by Crippen LogP contribution is 2.42. The van der Waals surface area contributed by atoms with Crippen LogP contribution in [0.3, 0.4) is 0 Å². The number of anilines is 2. The van der Waals surface area contributed by atoms with Crippen LogP contribution in [0.2, 0.25) is 0 Å². The fourth-order valence-electron chi connectivity index (χ4n) is 3.88. The lowest BCUT2D eigenvalue weighted by Gasteiger charge is -2.31. The van der Waals surface area contributed by atoms with Crippen molar-refractivity contribution in [2.24, 2.45) is 5.92 Å². The van der Waals surface area contributed by atoms with Crippen molar-refractivity contribution in [3.8, 4) is 11.4 Å². The Morgan fingerprint density at radius 2 is 1.96 bits per heavy atom. The summed E-state index contributed by atoms with van der Waals surface area (Å²) in [4.78, 5) is 4.34. The van der Waals surface area contributed by atoms with E-state index in [1.807, 2.05) is 24.0 Å². The Hall–Kier alpha value is -2.79. The van der Waals surface area contributed by atoms with E-state index < -0.39 is 0 Å². The second kappa shape index (κ2) is 6.43. The number of fused-ring (bicyclic) bond motifs is 1. The Morgan fingerprint density at radius 3 is 2.70 bits per heavy atom. The third-order valence-electron chi connectivity index (χ3n) is 5.42. The minimum Gasteiger partial charge on any atom is -0.494 e. The zero-order valence-electron chi connectivity index (χ0n) is 15.8. The molecule has 1 aromatic heterocycles. The first-order valence-electron chi connectivity index (χ1n) is 9.55. The maximum absolute atomic E-state index is 5.73. The third-order valence-corrected chi connectivity index (χ3v) is 5.42. The fraction of sp³-hybridized carbons (Fsp3) is 0.318. The van der Waals surface area contributed by atoms with Gasteiger partial charge >= 0.3 is 0 Å². The number of para-hydroxylation sites is 1. The lowest BCUT2D eigenvalue weighted by atomic mass is 10.2. The van der Waals surface area contributed by atoms with Crippen molar-refractivity contribution in [2.75, 3.05) is 18.7 Å². The van der Waals surface area contributed by atoms with Crippen LogP contribution < -0.4 is 9.75 Å². The summed E-state index contributed by atoms with van der Waals surface area (Å²) in [6, 6.07) is 15.1. The molecule has 0 amide bonds. The van der Waals surface area contributed by atoms with Gasteiger partial charge in [0.2, 0.25) is 0 Å². The topological polar surface area (TPSA) is 33.5 Å². The van der Waals surface area contributed by atoms with E-state index in [0.717, 1.165) is 41.8 Å². The van der Waals surface area contributed by atoms with Crippen molar-refractivity contribution in [1.82, 2.24) is 14.6 Å². The van der Waals surface area contributed by atoms with Gasteiger partial charge < -0.3 is 9.30 Å². The average molecular weight is 360 g/mol. The Bertz CT molecular complexity index is 976. The normalized spacial score (nSPS) is 16.6. The second-order valence-corrected chi connectivity index (χ2v) is 7.51. The van der Waals surface area contributed by atoms with Crippen molar-refractivity contribution < 1.29 is 4.74 Å². The zero-order valence-corrected chi connectivity index (χ0v) is 15.8. The highest BCUT2D eigenvalue weighted by molar-refractivity contribution is 5.71. The summed E-state index contributed by atoms with van der Waals surface area (Å²) in [6.45, 7) is 4.07. The highest BCUT2D eigenvalue weighted by atomic mass is 16.5. The molecule has 0 atom stereocenters. The molecular formula is C22H24N4O. The minimum atomic E-state index is 0.830. The number of rotatable bonds is 5. The molecule has 1 aliphatic carbocycles. The summed E-state index contributed by atoms with van der Waals surface area (Å²) < 4.78 is 7.74. The molecule has 5 rings (SSSR count). The Kier molecular flexibility index (Phi) is 3.90. The van der Waals surface area contributed by atoms with Gasteiger partial charge in [-0.15, -0.1) is 0 Å². The van der Waals surface area contributed by atoms with Crippen molar-refractivity contribution in [1.29, 1.82) is 0 Å². The van der Waals surface area contributed by atoms with Gasteiger partial charge in [-0.3, -0.25) is 5.01 Å². The molecule has 0 unspecified atom stereocenters. The number of ether oxygens (including phenoxy) is 1. The Balaban J connectivity index is 1.55. The van der Waals surface area contributed by atoms with Crippen molar-refractivity contribution in [2.45, 2.75) is 26.3 Å². The standard InChI is InChI=1S/C22H24N4O/c1-16-12-24(15-23-16)21-10-9-19(11-22(21)27-2)26-20-6-4-3-5-18(20)14-25(26)13-17-7-8-17/h3-6,9-12,15,17H,7-8,13-14H2,1-2H3. The van der Waals surface area contributed by atoms with Crippen LogP contribution in [0.5, 0.6) is 5.75 Å². The highest BCUT2D eigenvalue weighted by Gasteiger charge is 2.33. The quantitative estimate of drug-likeness (QED) is 0.672. The molecule has 0 saturated heterocycles. The largest absolute Gasteiger partial charge is 0.494 e. The number of benzene rings is 2. The first-order valence-corrected chi connectivity index (χ1v) is 9.55. The van der Waals surface area contributed by atoms with Gasteiger partial charge in [-0.2, -0.15) is 0 Å². The van der Waals surface area contributed by atoms with Gasteiger partial charge in [0.15, 0.2) is 0 Å². The predicted octanol–water partition coefficient (Wildman–Crippen LogP) is 4.47. The number of nitrogens with zero attached hydrogens (tertiary/aromatic N) is 4. The van der Waals surface area contributed by atoms with E-state index in [4.69, 9.17) is 4.74 Å². The summed E-state index contributed by atoms with van der Waals surface area (Å²) in [5, 5.41) is 4.83. The van der Waals surface area contributed by atoms with Crippen LogP contribution >= 0.6 is 0 Å². The zero-order chi connectivity index (χ0) is 18.4. The Labute approximate surface area is 159 Å². The van der Waals surface area contributed by atoms with E-state index in [1.165, 1.54) is 24.1 Å². The van der Waals surface area contributed by atoms with Crippen molar-refractivity contribution >= 4 is 11.4 Å². The smallest absolute Gasteiger partial charge is 0.145 e. The Morgan fingerprint density at radius 1 is 1.11 bits per heavy atom.